The van der Waals surface area contributed by atoms with Gasteiger partial charge in [0.25, 0.3) is 0 Å². The monoisotopic (exact) mass is 272 g/mol. The smallest absolute Gasteiger partial charge is 0.121 e. The third kappa shape index (κ3) is 2.10. The third-order valence-corrected chi connectivity index (χ3v) is 4.45. The zero-order valence-corrected chi connectivity index (χ0v) is 12.0. The van der Waals surface area contributed by atoms with Crippen LogP contribution in [0.2, 0.25) is 0 Å². The summed E-state index contributed by atoms with van der Waals surface area (Å²) in [6.45, 7) is 4.33. The Kier molecular flexibility index (Phi) is 2.78. The van der Waals surface area contributed by atoms with Crippen LogP contribution < -0.4 is 5.73 Å². The van der Waals surface area contributed by atoms with Crippen molar-refractivity contribution in [2.45, 2.75) is 19.8 Å². The number of rotatable bonds is 2. The zero-order valence-electron chi connectivity index (χ0n) is 11.2. The van der Waals surface area contributed by atoms with Gasteiger partial charge < -0.3 is 5.73 Å². The summed E-state index contributed by atoms with van der Waals surface area (Å²) in [6, 6.07) is 8.15. The van der Waals surface area contributed by atoms with Crippen LogP contribution in [0.5, 0.6) is 0 Å². The highest BCUT2D eigenvalue weighted by atomic mass is 32.1. The van der Waals surface area contributed by atoms with E-state index in [9.17, 15) is 0 Å². The molecule has 0 aliphatic carbocycles. The van der Waals surface area contributed by atoms with Gasteiger partial charge in [0.2, 0.25) is 0 Å². The van der Waals surface area contributed by atoms with Crippen molar-refractivity contribution >= 4 is 27.4 Å². The highest BCUT2D eigenvalue weighted by Crippen LogP contribution is 2.30. The molecule has 2 heterocycles. The summed E-state index contributed by atoms with van der Waals surface area (Å²) < 4.78 is 2.90. The maximum Gasteiger partial charge on any atom is 0.121 e. The second kappa shape index (κ2) is 4.35. The van der Waals surface area contributed by atoms with E-state index in [2.05, 4.69) is 42.1 Å². The highest BCUT2D eigenvalue weighted by molar-refractivity contribution is 7.18. The van der Waals surface area contributed by atoms with E-state index < -0.39 is 0 Å². The second-order valence-corrected chi connectivity index (χ2v) is 6.03. The summed E-state index contributed by atoms with van der Waals surface area (Å²) in [5, 5.41) is 5.57. The molecule has 0 spiro atoms. The van der Waals surface area contributed by atoms with Crippen LogP contribution in [0.1, 0.15) is 24.8 Å². The Morgan fingerprint density at radius 1 is 1.26 bits per heavy atom. The molecule has 0 fully saturated rings. The van der Waals surface area contributed by atoms with Crippen LogP contribution in [0.4, 0.5) is 5.82 Å². The van der Waals surface area contributed by atoms with Gasteiger partial charge in [0, 0.05) is 24.6 Å². The molecule has 0 saturated carbocycles. The van der Waals surface area contributed by atoms with Gasteiger partial charge in [-0.05, 0) is 12.1 Å². The van der Waals surface area contributed by atoms with Gasteiger partial charge in [0.05, 0.1) is 20.9 Å². The molecule has 0 atom stereocenters. The van der Waals surface area contributed by atoms with E-state index in [4.69, 9.17) is 5.73 Å². The molecule has 2 N–H and O–H groups in total. The molecule has 5 heteroatoms. The summed E-state index contributed by atoms with van der Waals surface area (Å²) in [5.74, 6) is 1.13. The van der Waals surface area contributed by atoms with Gasteiger partial charge in [-0.3, -0.25) is 4.68 Å². The van der Waals surface area contributed by atoms with Crippen LogP contribution in [-0.2, 0) is 7.05 Å². The maximum atomic E-state index is 5.82. The molecular formula is C14H16N4S. The van der Waals surface area contributed by atoms with E-state index >= 15 is 0 Å². The number of hydrogen-bond donors (Lipinski definition) is 1. The first-order valence-electron chi connectivity index (χ1n) is 6.25. The number of aryl methyl sites for hydroxylation is 1. The quantitative estimate of drug-likeness (QED) is 0.778. The van der Waals surface area contributed by atoms with Crippen LogP contribution in [0.25, 0.3) is 21.5 Å². The van der Waals surface area contributed by atoms with Crippen molar-refractivity contribution in [3.05, 3.63) is 29.3 Å². The summed E-state index contributed by atoms with van der Waals surface area (Å²) in [7, 11) is 1.84. The Morgan fingerprint density at radius 2 is 2.05 bits per heavy atom. The number of benzene rings is 1. The van der Waals surface area contributed by atoms with Crippen LogP contribution in [0.3, 0.4) is 0 Å². The van der Waals surface area contributed by atoms with Gasteiger partial charge in [0.1, 0.15) is 5.82 Å². The van der Waals surface area contributed by atoms with Crippen molar-refractivity contribution in [1.29, 1.82) is 0 Å². The normalized spacial score (nSPS) is 11.6. The summed E-state index contributed by atoms with van der Waals surface area (Å²) in [4.78, 5) is 4.68. The SMILES string of the molecule is CC(C)c1nc2cc(-c3cc(N)n(C)n3)ccc2s1. The van der Waals surface area contributed by atoms with E-state index in [1.54, 1.807) is 16.0 Å². The van der Waals surface area contributed by atoms with Gasteiger partial charge in [-0.1, -0.05) is 19.9 Å². The molecule has 4 nitrogen and oxygen atoms in total. The molecule has 0 bridgehead atoms. The summed E-state index contributed by atoms with van der Waals surface area (Å²) >= 11 is 1.76. The fourth-order valence-corrected chi connectivity index (χ4v) is 2.92. The van der Waals surface area contributed by atoms with Crippen molar-refractivity contribution in [2.24, 2.45) is 7.05 Å². The van der Waals surface area contributed by atoms with E-state index in [-0.39, 0.29) is 0 Å². The number of nitrogen functional groups attached to an aromatic ring is 1. The molecule has 98 valence electrons. The van der Waals surface area contributed by atoms with E-state index in [0.717, 1.165) is 16.8 Å². The lowest BCUT2D eigenvalue weighted by atomic mass is 10.1. The van der Waals surface area contributed by atoms with Crippen molar-refractivity contribution < 1.29 is 0 Å². The Labute approximate surface area is 115 Å². The van der Waals surface area contributed by atoms with Crippen LogP contribution >= 0.6 is 11.3 Å². The lowest BCUT2D eigenvalue weighted by Gasteiger charge is -1.96. The first kappa shape index (κ1) is 12.2. The number of thiazole rings is 1. The van der Waals surface area contributed by atoms with E-state index in [1.165, 1.54) is 9.71 Å². The van der Waals surface area contributed by atoms with Crippen molar-refractivity contribution in [3.8, 4) is 11.3 Å². The lowest BCUT2D eigenvalue weighted by Crippen LogP contribution is -1.96. The lowest BCUT2D eigenvalue weighted by molar-refractivity contribution is 0.782. The van der Waals surface area contributed by atoms with Gasteiger partial charge in [-0.25, -0.2) is 4.98 Å². The molecule has 0 amide bonds. The Bertz CT molecular complexity index is 720. The first-order valence-corrected chi connectivity index (χ1v) is 7.06. The Hall–Kier alpha value is -1.88. The molecular weight excluding hydrogens is 256 g/mol. The molecule has 3 aromatic rings. The van der Waals surface area contributed by atoms with Crippen molar-refractivity contribution in [2.75, 3.05) is 5.73 Å². The number of fused-ring (bicyclic) bond motifs is 1. The Morgan fingerprint density at radius 3 is 2.68 bits per heavy atom. The summed E-state index contributed by atoms with van der Waals surface area (Å²) in [5.41, 5.74) is 8.80. The fourth-order valence-electron chi connectivity index (χ4n) is 1.97. The topological polar surface area (TPSA) is 56.7 Å². The van der Waals surface area contributed by atoms with Gasteiger partial charge in [-0.15, -0.1) is 11.3 Å². The molecule has 0 aliphatic rings. The van der Waals surface area contributed by atoms with Gasteiger partial charge in [-0.2, -0.15) is 5.10 Å². The van der Waals surface area contributed by atoms with Gasteiger partial charge in [0.15, 0.2) is 0 Å². The van der Waals surface area contributed by atoms with Crippen LogP contribution in [0.15, 0.2) is 24.3 Å². The van der Waals surface area contributed by atoms with E-state index in [1.807, 2.05) is 13.1 Å². The molecule has 0 unspecified atom stereocenters. The maximum absolute atomic E-state index is 5.82. The van der Waals surface area contributed by atoms with Crippen molar-refractivity contribution in [1.82, 2.24) is 14.8 Å². The minimum Gasteiger partial charge on any atom is -0.384 e. The predicted molar refractivity (Wildman–Crippen MR) is 80.3 cm³/mol. The fraction of sp³-hybridized carbons (Fsp3) is 0.286. The zero-order chi connectivity index (χ0) is 13.6. The standard InChI is InChI=1S/C14H16N4S/c1-8(2)14-16-11-6-9(4-5-12(11)19-14)10-7-13(15)18(3)17-10/h4-8H,15H2,1-3H3. The molecule has 0 aliphatic heterocycles. The third-order valence-electron chi connectivity index (χ3n) is 3.11. The number of anilines is 1. The number of aromatic nitrogens is 3. The van der Waals surface area contributed by atoms with Crippen molar-refractivity contribution in [3.63, 3.8) is 0 Å². The molecule has 19 heavy (non-hydrogen) atoms. The number of hydrogen-bond acceptors (Lipinski definition) is 4. The molecule has 0 radical (unpaired) electrons. The average Bonchev–Trinajstić information content (AvgIpc) is 2.93. The van der Waals surface area contributed by atoms with Gasteiger partial charge >= 0.3 is 0 Å². The number of nitrogens with zero attached hydrogens (tertiary/aromatic N) is 3. The minimum atomic E-state index is 0.464. The number of nitrogens with two attached hydrogens (primary N) is 1. The van der Waals surface area contributed by atoms with Crippen LogP contribution in [-0.4, -0.2) is 14.8 Å². The minimum absolute atomic E-state index is 0.464. The second-order valence-electron chi connectivity index (χ2n) is 4.97. The predicted octanol–water partition coefficient (Wildman–Crippen LogP) is 3.40. The van der Waals surface area contributed by atoms with E-state index in [0.29, 0.717) is 11.7 Å². The largest absolute Gasteiger partial charge is 0.384 e. The van der Waals surface area contributed by atoms with Crippen LogP contribution in [0, 0.1) is 0 Å². The average molecular weight is 272 g/mol. The molecule has 3 rings (SSSR count). The Balaban J connectivity index is 2.10. The summed E-state index contributed by atoms with van der Waals surface area (Å²) in [6.07, 6.45) is 0. The molecule has 2 aromatic heterocycles. The molecule has 1 aromatic carbocycles. The highest BCUT2D eigenvalue weighted by Gasteiger charge is 2.10. The first-order chi connectivity index (χ1) is 9.04. The molecule has 0 saturated heterocycles.